The van der Waals surface area contributed by atoms with Crippen LogP contribution in [0.4, 0.5) is 5.95 Å². The smallest absolute Gasteiger partial charge is 0.270 e. The molecule has 0 aliphatic carbocycles. The molecule has 0 aliphatic heterocycles. The third kappa shape index (κ3) is 6.15. The third-order valence-corrected chi connectivity index (χ3v) is 3.82. The van der Waals surface area contributed by atoms with Crippen LogP contribution in [0.5, 0.6) is 0 Å². The first-order valence-electron chi connectivity index (χ1n) is 8.65. The largest absolute Gasteiger partial charge is 0.351 e. The first-order chi connectivity index (χ1) is 12.1. The number of rotatable bonds is 9. The van der Waals surface area contributed by atoms with E-state index in [9.17, 15) is 4.79 Å². The maximum atomic E-state index is 12.3. The lowest BCUT2D eigenvalue weighted by Crippen LogP contribution is -2.29. The minimum Gasteiger partial charge on any atom is -0.351 e. The summed E-state index contributed by atoms with van der Waals surface area (Å²) in [5, 5.41) is 2.91. The van der Waals surface area contributed by atoms with E-state index in [0.717, 1.165) is 19.5 Å². The van der Waals surface area contributed by atoms with Crippen LogP contribution in [0.1, 0.15) is 29.4 Å². The van der Waals surface area contributed by atoms with Gasteiger partial charge in [0.25, 0.3) is 5.91 Å². The van der Waals surface area contributed by atoms with E-state index in [0.29, 0.717) is 24.7 Å². The van der Waals surface area contributed by atoms with Crippen LogP contribution < -0.4 is 10.2 Å². The number of nitrogens with one attached hydrogen (secondary N) is 1. The molecule has 134 valence electrons. The van der Waals surface area contributed by atoms with E-state index >= 15 is 0 Å². The summed E-state index contributed by atoms with van der Waals surface area (Å²) in [6.45, 7) is 5.11. The van der Waals surface area contributed by atoms with Crippen LogP contribution in [0.2, 0.25) is 0 Å². The molecule has 6 nitrogen and oxygen atoms in total. The number of aromatic nitrogens is 2. The number of anilines is 1. The molecule has 1 aromatic carbocycles. The Balaban J connectivity index is 1.99. The van der Waals surface area contributed by atoms with Crippen molar-refractivity contribution in [2.45, 2.75) is 19.9 Å². The average Bonchev–Trinajstić information content (AvgIpc) is 2.64. The minimum atomic E-state index is -0.154. The molecule has 1 N–H and O–H groups in total. The Kier molecular flexibility index (Phi) is 7.35. The number of amides is 1. The molecule has 2 aromatic rings. The zero-order valence-electron chi connectivity index (χ0n) is 15.3. The first-order valence-corrected chi connectivity index (χ1v) is 8.65. The van der Waals surface area contributed by atoms with Crippen molar-refractivity contribution < 1.29 is 4.79 Å². The summed E-state index contributed by atoms with van der Waals surface area (Å²) in [5.74, 6) is 0.422. The Morgan fingerprint density at radius 1 is 1.16 bits per heavy atom. The van der Waals surface area contributed by atoms with Crippen molar-refractivity contribution in [3.63, 3.8) is 0 Å². The number of benzene rings is 1. The molecule has 0 atom stereocenters. The molecule has 0 saturated heterocycles. The van der Waals surface area contributed by atoms with Gasteiger partial charge >= 0.3 is 0 Å². The molecular formula is C19H27N5O. The lowest BCUT2D eigenvalue weighted by atomic mass is 10.2. The minimum absolute atomic E-state index is 0.154. The van der Waals surface area contributed by atoms with Gasteiger partial charge in [0.2, 0.25) is 5.95 Å². The molecule has 0 bridgehead atoms. The van der Waals surface area contributed by atoms with Crippen LogP contribution in [0.15, 0.2) is 42.6 Å². The molecule has 0 spiro atoms. The van der Waals surface area contributed by atoms with Crippen molar-refractivity contribution in [2.24, 2.45) is 0 Å². The molecule has 1 aromatic heterocycles. The average molecular weight is 341 g/mol. The van der Waals surface area contributed by atoms with Crippen molar-refractivity contribution in [1.29, 1.82) is 0 Å². The molecule has 1 heterocycles. The lowest BCUT2D eigenvalue weighted by molar-refractivity contribution is 0.0947. The van der Waals surface area contributed by atoms with E-state index in [1.807, 2.05) is 32.3 Å². The van der Waals surface area contributed by atoms with Gasteiger partial charge < -0.3 is 15.1 Å². The second-order valence-corrected chi connectivity index (χ2v) is 6.15. The second-order valence-electron chi connectivity index (χ2n) is 6.15. The fourth-order valence-corrected chi connectivity index (χ4v) is 2.44. The standard InChI is InChI=1S/C19H27N5O/c1-4-24(15-16-9-6-5-7-10-16)19-21-13-11-17(22-19)18(25)20-12-8-14-23(2)3/h5-7,9-11,13H,4,8,12,14-15H2,1-3H3,(H,20,25). The maximum absolute atomic E-state index is 12.3. The van der Waals surface area contributed by atoms with Crippen LogP contribution in [-0.4, -0.2) is 54.5 Å². The fraction of sp³-hybridized carbons (Fsp3) is 0.421. The van der Waals surface area contributed by atoms with E-state index < -0.39 is 0 Å². The molecule has 0 aliphatic rings. The molecule has 6 heteroatoms. The third-order valence-electron chi connectivity index (χ3n) is 3.82. The Labute approximate surface area is 149 Å². The lowest BCUT2D eigenvalue weighted by Gasteiger charge is -2.21. The Bertz CT molecular complexity index is 660. The summed E-state index contributed by atoms with van der Waals surface area (Å²) in [6, 6.07) is 11.8. The molecule has 0 radical (unpaired) electrons. The van der Waals surface area contributed by atoms with Gasteiger partial charge in [0.1, 0.15) is 5.69 Å². The predicted octanol–water partition coefficient (Wildman–Crippen LogP) is 2.18. The number of hydrogen-bond acceptors (Lipinski definition) is 5. The van der Waals surface area contributed by atoms with Gasteiger partial charge in [-0.25, -0.2) is 9.97 Å². The van der Waals surface area contributed by atoms with Crippen molar-refractivity contribution in [1.82, 2.24) is 20.2 Å². The molecule has 25 heavy (non-hydrogen) atoms. The predicted molar refractivity (Wildman–Crippen MR) is 101 cm³/mol. The van der Waals surface area contributed by atoms with Gasteiger partial charge in [-0.15, -0.1) is 0 Å². The van der Waals surface area contributed by atoms with Crippen LogP contribution in [0.3, 0.4) is 0 Å². The Morgan fingerprint density at radius 2 is 1.92 bits per heavy atom. The SMILES string of the molecule is CCN(Cc1ccccc1)c1nccc(C(=O)NCCCN(C)C)n1. The molecule has 1 amide bonds. The zero-order chi connectivity index (χ0) is 18.1. The molecule has 0 unspecified atom stereocenters. The van der Waals surface area contributed by atoms with Crippen LogP contribution in [0, 0.1) is 0 Å². The van der Waals surface area contributed by atoms with Crippen molar-refractivity contribution in [3.8, 4) is 0 Å². The number of carbonyl (C=O) groups is 1. The highest BCUT2D eigenvalue weighted by Gasteiger charge is 2.12. The summed E-state index contributed by atoms with van der Waals surface area (Å²) >= 11 is 0. The van der Waals surface area contributed by atoms with E-state index in [4.69, 9.17) is 0 Å². The molecule has 2 rings (SSSR count). The van der Waals surface area contributed by atoms with Crippen molar-refractivity contribution in [3.05, 3.63) is 53.9 Å². The maximum Gasteiger partial charge on any atom is 0.270 e. The monoisotopic (exact) mass is 341 g/mol. The van der Waals surface area contributed by atoms with Crippen LogP contribution in [-0.2, 0) is 6.54 Å². The summed E-state index contributed by atoms with van der Waals surface area (Å²) < 4.78 is 0. The summed E-state index contributed by atoms with van der Waals surface area (Å²) in [6.07, 6.45) is 2.55. The number of nitrogens with zero attached hydrogens (tertiary/aromatic N) is 4. The van der Waals surface area contributed by atoms with Crippen LogP contribution >= 0.6 is 0 Å². The zero-order valence-corrected chi connectivity index (χ0v) is 15.3. The van der Waals surface area contributed by atoms with E-state index in [2.05, 4.69) is 44.1 Å². The van der Waals surface area contributed by atoms with E-state index in [-0.39, 0.29) is 5.91 Å². The van der Waals surface area contributed by atoms with Crippen LogP contribution in [0.25, 0.3) is 0 Å². The van der Waals surface area contributed by atoms with E-state index in [1.165, 1.54) is 5.56 Å². The van der Waals surface area contributed by atoms with E-state index in [1.54, 1.807) is 12.3 Å². The van der Waals surface area contributed by atoms with Gasteiger partial charge in [0, 0.05) is 25.8 Å². The molecule has 0 fully saturated rings. The van der Waals surface area contributed by atoms with Gasteiger partial charge in [-0.2, -0.15) is 0 Å². The molecular weight excluding hydrogens is 314 g/mol. The summed E-state index contributed by atoms with van der Waals surface area (Å²) in [5.41, 5.74) is 1.59. The van der Waals surface area contributed by atoms with Crippen molar-refractivity contribution in [2.75, 3.05) is 38.6 Å². The normalized spacial score (nSPS) is 10.7. The van der Waals surface area contributed by atoms with Gasteiger partial charge in [0.15, 0.2) is 0 Å². The quantitative estimate of drug-likeness (QED) is 0.709. The van der Waals surface area contributed by atoms with Gasteiger partial charge in [-0.05, 0) is 45.6 Å². The highest BCUT2D eigenvalue weighted by atomic mass is 16.1. The number of hydrogen-bond donors (Lipinski definition) is 1. The Morgan fingerprint density at radius 3 is 2.60 bits per heavy atom. The van der Waals surface area contributed by atoms with Crippen molar-refractivity contribution >= 4 is 11.9 Å². The Hall–Kier alpha value is -2.47. The fourth-order valence-electron chi connectivity index (χ4n) is 2.44. The summed E-state index contributed by atoms with van der Waals surface area (Å²) in [4.78, 5) is 25.2. The van der Waals surface area contributed by atoms with Gasteiger partial charge in [-0.1, -0.05) is 30.3 Å². The molecule has 0 saturated carbocycles. The summed E-state index contributed by atoms with van der Waals surface area (Å²) in [7, 11) is 4.04. The first kappa shape index (κ1) is 18.9. The number of carbonyl (C=O) groups excluding carboxylic acids is 1. The topological polar surface area (TPSA) is 61.4 Å². The van der Waals surface area contributed by atoms with Gasteiger partial charge in [0.05, 0.1) is 0 Å². The second kappa shape index (κ2) is 9.74. The highest BCUT2D eigenvalue weighted by molar-refractivity contribution is 5.92. The highest BCUT2D eigenvalue weighted by Crippen LogP contribution is 2.12. The van der Waals surface area contributed by atoms with Gasteiger partial charge in [-0.3, -0.25) is 4.79 Å².